The van der Waals surface area contributed by atoms with Gasteiger partial charge in [0.05, 0.1) is 12.1 Å². The summed E-state index contributed by atoms with van der Waals surface area (Å²) < 4.78 is 11.3. The first-order valence-electron chi connectivity index (χ1n) is 13.9. The molecule has 220 valence electrons. The third-order valence-corrected chi connectivity index (χ3v) is 6.47. The lowest BCUT2D eigenvalue weighted by Gasteiger charge is -2.29. The zero-order chi connectivity index (χ0) is 30.0. The van der Waals surface area contributed by atoms with Crippen LogP contribution in [-0.2, 0) is 22.4 Å². The number of amides is 2. The maximum atomic E-state index is 13.0. The number of phenols is 1. The Balaban J connectivity index is 1.75. The van der Waals surface area contributed by atoms with Gasteiger partial charge in [-0.3, -0.25) is 4.79 Å². The number of carbonyl (C=O) groups is 2. The Kier molecular flexibility index (Phi) is 11.2. The van der Waals surface area contributed by atoms with E-state index in [1.54, 1.807) is 46.8 Å². The summed E-state index contributed by atoms with van der Waals surface area (Å²) in [6.07, 6.45) is -0.508. The van der Waals surface area contributed by atoms with Crippen molar-refractivity contribution >= 4 is 12.0 Å². The number of aryl methyl sites for hydroxylation is 2. The fraction of sp³-hybridized carbons (Fsp3) is 0.394. The zero-order valence-electron chi connectivity index (χ0n) is 24.5. The van der Waals surface area contributed by atoms with Crippen LogP contribution < -0.4 is 15.4 Å². The lowest BCUT2D eigenvalue weighted by atomic mass is 9.93. The van der Waals surface area contributed by atoms with Crippen LogP contribution >= 0.6 is 0 Å². The summed E-state index contributed by atoms with van der Waals surface area (Å²) in [5.74, 6) is 0.270. The Morgan fingerprint density at radius 1 is 0.854 bits per heavy atom. The molecule has 3 aromatic rings. The fourth-order valence-electron chi connectivity index (χ4n) is 4.71. The van der Waals surface area contributed by atoms with Crippen molar-refractivity contribution in [3.8, 4) is 11.5 Å². The number of ether oxygens (including phenoxy) is 2. The Hall–Kier alpha value is -4.04. The van der Waals surface area contributed by atoms with Gasteiger partial charge in [-0.05, 0) is 88.3 Å². The second-order valence-electron chi connectivity index (χ2n) is 11.4. The number of alkyl carbamates (subject to hydrolysis) is 1. The predicted molar refractivity (Wildman–Crippen MR) is 159 cm³/mol. The monoisotopic (exact) mass is 562 g/mol. The molecule has 41 heavy (non-hydrogen) atoms. The van der Waals surface area contributed by atoms with Gasteiger partial charge in [0.25, 0.3) is 5.91 Å². The molecular formula is C33H42N2O6. The molecular weight excluding hydrogens is 520 g/mol. The number of phenolic OH excluding ortho intramolecular Hbond substituents is 1. The van der Waals surface area contributed by atoms with E-state index in [4.69, 9.17) is 9.47 Å². The highest BCUT2D eigenvalue weighted by Crippen LogP contribution is 2.27. The Labute approximate surface area is 242 Å². The predicted octanol–water partition coefficient (Wildman–Crippen LogP) is 5.00. The zero-order valence-corrected chi connectivity index (χ0v) is 24.5. The molecule has 0 aliphatic carbocycles. The van der Waals surface area contributed by atoms with Gasteiger partial charge in [-0.2, -0.15) is 0 Å². The number of aromatic hydroxyl groups is 1. The third-order valence-electron chi connectivity index (χ3n) is 6.47. The van der Waals surface area contributed by atoms with Gasteiger partial charge in [0.1, 0.15) is 17.1 Å². The van der Waals surface area contributed by atoms with Crippen molar-refractivity contribution in [1.29, 1.82) is 0 Å². The highest BCUT2D eigenvalue weighted by molar-refractivity contribution is 5.78. The minimum Gasteiger partial charge on any atom is -0.508 e. The molecule has 0 bridgehead atoms. The van der Waals surface area contributed by atoms with Crippen molar-refractivity contribution in [2.75, 3.05) is 6.61 Å². The van der Waals surface area contributed by atoms with Crippen molar-refractivity contribution in [2.45, 2.75) is 77.7 Å². The smallest absolute Gasteiger partial charge is 0.407 e. The minimum absolute atomic E-state index is 0.132. The Morgan fingerprint density at radius 3 is 1.93 bits per heavy atom. The SMILES string of the molecule is Cc1cc(O)cc(C)c1OCC(=O)N[C@@H](Cc1ccccc1)[C@@H](O)C[C@H](Cc1ccccc1)NC(=O)OC(C)(C)C. The first kappa shape index (κ1) is 31.5. The van der Waals surface area contributed by atoms with Crippen LogP contribution in [0.1, 0.15) is 49.4 Å². The number of aliphatic hydroxyl groups is 1. The van der Waals surface area contributed by atoms with Crippen molar-refractivity contribution in [2.24, 2.45) is 0 Å². The highest BCUT2D eigenvalue weighted by Gasteiger charge is 2.28. The van der Waals surface area contributed by atoms with Gasteiger partial charge in [-0.1, -0.05) is 60.7 Å². The standard InChI is InChI=1S/C33H42N2O6/c1-22-16-27(36)17-23(2)31(22)40-21-30(38)35-28(19-25-14-10-7-11-15-25)29(37)20-26(18-24-12-8-6-9-13-24)34-32(39)41-33(3,4)5/h6-17,26,28-29,36-37H,18-21H2,1-5H3,(H,34,39)(H,35,38)/t26-,28-,29-/m0/s1. The van der Waals surface area contributed by atoms with E-state index in [9.17, 15) is 19.8 Å². The van der Waals surface area contributed by atoms with E-state index >= 15 is 0 Å². The van der Waals surface area contributed by atoms with E-state index in [-0.39, 0.29) is 18.8 Å². The minimum atomic E-state index is -0.986. The van der Waals surface area contributed by atoms with Gasteiger partial charge >= 0.3 is 6.09 Å². The van der Waals surface area contributed by atoms with Crippen molar-refractivity contribution in [3.63, 3.8) is 0 Å². The van der Waals surface area contributed by atoms with Crippen LogP contribution in [0.25, 0.3) is 0 Å². The number of hydrogen-bond donors (Lipinski definition) is 4. The topological polar surface area (TPSA) is 117 Å². The number of nitrogens with one attached hydrogen (secondary N) is 2. The van der Waals surface area contributed by atoms with E-state index in [2.05, 4.69) is 10.6 Å². The summed E-state index contributed by atoms with van der Waals surface area (Å²) in [5, 5.41) is 27.1. The van der Waals surface area contributed by atoms with Crippen molar-refractivity contribution in [1.82, 2.24) is 10.6 Å². The molecule has 2 amide bonds. The summed E-state index contributed by atoms with van der Waals surface area (Å²) in [7, 11) is 0. The maximum Gasteiger partial charge on any atom is 0.407 e. The quantitative estimate of drug-likeness (QED) is 0.247. The molecule has 0 heterocycles. The van der Waals surface area contributed by atoms with Crippen LogP contribution in [0.3, 0.4) is 0 Å². The third kappa shape index (κ3) is 10.8. The molecule has 3 atom stereocenters. The van der Waals surface area contributed by atoms with Gasteiger partial charge in [-0.25, -0.2) is 4.79 Å². The van der Waals surface area contributed by atoms with Crippen LogP contribution in [0.2, 0.25) is 0 Å². The molecule has 8 nitrogen and oxygen atoms in total. The maximum absolute atomic E-state index is 13.0. The lowest BCUT2D eigenvalue weighted by molar-refractivity contribution is -0.124. The summed E-state index contributed by atoms with van der Waals surface area (Å²) in [6, 6.07) is 21.3. The van der Waals surface area contributed by atoms with Crippen molar-refractivity contribution < 1.29 is 29.3 Å². The lowest BCUT2D eigenvalue weighted by Crippen LogP contribution is -2.50. The summed E-state index contributed by atoms with van der Waals surface area (Å²) >= 11 is 0. The van der Waals surface area contributed by atoms with Gasteiger partial charge in [0, 0.05) is 6.04 Å². The molecule has 0 aliphatic heterocycles. The largest absolute Gasteiger partial charge is 0.508 e. The van der Waals surface area contributed by atoms with Crippen LogP contribution in [0.15, 0.2) is 72.8 Å². The average molecular weight is 563 g/mol. The Bertz CT molecular complexity index is 1250. The molecule has 0 saturated carbocycles. The van der Waals surface area contributed by atoms with E-state index < -0.39 is 35.8 Å². The van der Waals surface area contributed by atoms with Gasteiger partial charge in [-0.15, -0.1) is 0 Å². The number of hydrogen-bond acceptors (Lipinski definition) is 6. The number of benzene rings is 3. The average Bonchev–Trinajstić information content (AvgIpc) is 2.87. The molecule has 0 unspecified atom stereocenters. The van der Waals surface area contributed by atoms with Crippen molar-refractivity contribution in [3.05, 3.63) is 95.1 Å². The summed E-state index contributed by atoms with van der Waals surface area (Å²) in [4.78, 5) is 25.7. The number of carbonyl (C=O) groups excluding carboxylic acids is 2. The summed E-state index contributed by atoms with van der Waals surface area (Å²) in [5.41, 5.74) is 2.71. The number of aliphatic hydroxyl groups excluding tert-OH is 1. The highest BCUT2D eigenvalue weighted by atomic mass is 16.6. The van der Waals surface area contributed by atoms with Gasteiger partial charge in [0.2, 0.25) is 0 Å². The van der Waals surface area contributed by atoms with E-state index in [0.717, 1.165) is 11.1 Å². The first-order valence-corrected chi connectivity index (χ1v) is 13.9. The molecule has 0 spiro atoms. The van der Waals surface area contributed by atoms with E-state index in [1.807, 2.05) is 60.7 Å². The van der Waals surface area contributed by atoms with Crippen LogP contribution in [-0.4, -0.2) is 52.6 Å². The molecule has 0 aromatic heterocycles. The van der Waals surface area contributed by atoms with Crippen LogP contribution in [0.4, 0.5) is 4.79 Å². The second-order valence-corrected chi connectivity index (χ2v) is 11.4. The van der Waals surface area contributed by atoms with Crippen LogP contribution in [0, 0.1) is 13.8 Å². The van der Waals surface area contributed by atoms with E-state index in [0.29, 0.717) is 29.7 Å². The molecule has 8 heteroatoms. The molecule has 0 saturated heterocycles. The van der Waals surface area contributed by atoms with E-state index in [1.165, 1.54) is 0 Å². The molecule has 0 aliphatic rings. The normalized spacial score (nSPS) is 13.5. The fourth-order valence-corrected chi connectivity index (χ4v) is 4.71. The van der Waals surface area contributed by atoms with Gasteiger partial charge < -0.3 is 30.3 Å². The summed E-state index contributed by atoms with van der Waals surface area (Å²) in [6.45, 7) is 8.72. The molecule has 3 rings (SSSR count). The van der Waals surface area contributed by atoms with Gasteiger partial charge in [0.15, 0.2) is 6.61 Å². The number of rotatable bonds is 12. The second kappa shape index (κ2) is 14.6. The Morgan fingerprint density at radius 2 is 1.39 bits per heavy atom. The first-order chi connectivity index (χ1) is 19.4. The molecule has 0 radical (unpaired) electrons. The molecule has 0 fully saturated rings. The van der Waals surface area contributed by atoms with Crippen LogP contribution in [0.5, 0.6) is 11.5 Å². The molecule has 3 aromatic carbocycles. The molecule has 4 N–H and O–H groups in total.